The second kappa shape index (κ2) is 7.61. The molecule has 2 amide bonds. The number of carbonyl (C=O) groups excluding carboxylic acids is 2. The lowest BCUT2D eigenvalue weighted by Gasteiger charge is -2.13. The van der Waals surface area contributed by atoms with Crippen LogP contribution in [-0.4, -0.2) is 61.9 Å². The molecule has 1 saturated heterocycles. The molecule has 3 heterocycles. The highest BCUT2D eigenvalue weighted by atomic mass is 32.2. The zero-order chi connectivity index (χ0) is 24.0. The van der Waals surface area contributed by atoms with E-state index in [2.05, 4.69) is 25.8 Å². The van der Waals surface area contributed by atoms with E-state index in [4.69, 9.17) is 8.85 Å². The van der Waals surface area contributed by atoms with E-state index in [1.54, 1.807) is 5.32 Å². The van der Waals surface area contributed by atoms with Gasteiger partial charge in [0.2, 0.25) is 5.91 Å². The van der Waals surface area contributed by atoms with Gasteiger partial charge in [0.05, 0.1) is 18.9 Å². The van der Waals surface area contributed by atoms with Gasteiger partial charge in [-0.05, 0) is 24.0 Å². The topological polar surface area (TPSA) is 152 Å². The lowest BCUT2D eigenvalue weighted by Crippen LogP contribution is -2.23. The summed E-state index contributed by atoms with van der Waals surface area (Å²) in [5.74, 6) is -1.35. The zero-order valence-electron chi connectivity index (χ0n) is 18.7. The van der Waals surface area contributed by atoms with Crippen molar-refractivity contribution in [1.29, 1.82) is 0 Å². The number of carbonyl (C=O) groups is 2. The van der Waals surface area contributed by atoms with Crippen LogP contribution in [0, 0.1) is 17.8 Å². The first-order valence-corrected chi connectivity index (χ1v) is 10.8. The summed E-state index contributed by atoms with van der Waals surface area (Å²) in [7, 11) is -3.69. The molecule has 11 nitrogen and oxygen atoms in total. The number of amides is 2. The molecule has 1 aliphatic heterocycles. The summed E-state index contributed by atoms with van der Waals surface area (Å²) in [6, 6.07) is 4.00. The number of fused-ring (bicyclic) bond motifs is 1. The predicted molar refractivity (Wildman–Crippen MR) is 106 cm³/mol. The van der Waals surface area contributed by atoms with Gasteiger partial charge in [-0.3, -0.25) is 9.59 Å². The molecule has 2 aromatic heterocycles. The fourth-order valence-corrected chi connectivity index (χ4v) is 4.31. The molecule has 2 aliphatic rings. The van der Waals surface area contributed by atoms with Crippen LogP contribution < -0.4 is 16.0 Å². The van der Waals surface area contributed by atoms with Gasteiger partial charge >= 0.3 is 0 Å². The highest BCUT2D eigenvalue weighted by Crippen LogP contribution is 2.51. The van der Waals surface area contributed by atoms with E-state index < -0.39 is 28.4 Å². The Labute approximate surface area is 176 Å². The van der Waals surface area contributed by atoms with Crippen molar-refractivity contribution in [3.8, 4) is 0 Å². The third-order valence-corrected chi connectivity index (χ3v) is 6.18. The number of hydrogen-bond acceptors (Lipinski definition) is 9. The Bertz CT molecular complexity index is 1210. The third-order valence-electron chi connectivity index (χ3n) is 5.05. The highest BCUT2D eigenvalue weighted by Gasteiger charge is 2.58. The number of anilines is 3. The molecule has 2 fully saturated rings. The minimum absolute atomic E-state index is 0.00402. The van der Waals surface area contributed by atoms with E-state index in [9.17, 15) is 18.0 Å². The van der Waals surface area contributed by atoms with Gasteiger partial charge in [-0.15, -0.1) is 10.2 Å². The van der Waals surface area contributed by atoms with Gasteiger partial charge < -0.3 is 20.7 Å². The van der Waals surface area contributed by atoms with E-state index in [1.165, 1.54) is 24.4 Å². The first-order chi connectivity index (χ1) is 15.4. The van der Waals surface area contributed by atoms with Crippen molar-refractivity contribution in [3.05, 3.63) is 30.1 Å². The summed E-state index contributed by atoms with van der Waals surface area (Å²) >= 11 is 0. The number of nitrogens with one attached hydrogen (secondary N) is 3. The van der Waals surface area contributed by atoms with Crippen molar-refractivity contribution in [2.45, 2.75) is 4.90 Å². The standard InChI is InChI=1S/C18H20N6O5S/c1-19-18(26)15-11(21-16-12(30(2,27)28)4-3-5-20-16)6-13(23-24-15)22-17(25)14-9-7-29-8-10(9)14/h3-6,9-10,14H,7-8H2,1-2H3,(H,19,26)(H2,20,21,22,23,25)/t9-,10+,14?/i1D3. The third kappa shape index (κ3) is 3.83. The first kappa shape index (κ1) is 16.7. The molecule has 4 rings (SSSR count). The number of pyridine rings is 1. The second-order valence-electron chi connectivity index (χ2n) is 7.07. The maximum Gasteiger partial charge on any atom is 0.273 e. The SMILES string of the molecule is [2H]C([2H])([2H])NC(=O)c1nnc(NC(=O)C2[C@H]3COC[C@@H]23)cc1Nc1ncccc1S(C)(=O)=O. The lowest BCUT2D eigenvalue weighted by atomic mass is 10.2. The van der Waals surface area contributed by atoms with E-state index in [0.29, 0.717) is 13.2 Å². The molecule has 0 spiro atoms. The van der Waals surface area contributed by atoms with Gasteiger partial charge in [0.15, 0.2) is 21.3 Å². The van der Waals surface area contributed by atoms with Crippen LogP contribution in [0.3, 0.4) is 0 Å². The Balaban J connectivity index is 1.65. The first-order valence-electron chi connectivity index (χ1n) is 10.4. The van der Waals surface area contributed by atoms with Gasteiger partial charge in [0.25, 0.3) is 5.91 Å². The van der Waals surface area contributed by atoms with Gasteiger partial charge in [-0.2, -0.15) is 0 Å². The minimum Gasteiger partial charge on any atom is -0.381 e. The summed E-state index contributed by atoms with van der Waals surface area (Å²) in [5.41, 5.74) is -0.518. The number of aromatic nitrogens is 3. The molecule has 1 aliphatic carbocycles. The smallest absolute Gasteiger partial charge is 0.273 e. The molecule has 30 heavy (non-hydrogen) atoms. The maximum absolute atomic E-state index is 12.5. The fourth-order valence-electron chi connectivity index (χ4n) is 3.52. The molecular weight excluding hydrogens is 412 g/mol. The van der Waals surface area contributed by atoms with Crippen LogP contribution in [0.4, 0.5) is 17.3 Å². The Morgan fingerprint density at radius 3 is 2.73 bits per heavy atom. The number of hydrogen-bond donors (Lipinski definition) is 3. The summed E-state index contributed by atoms with van der Waals surface area (Å²) < 4.78 is 51.2. The number of rotatable bonds is 6. The quantitative estimate of drug-likeness (QED) is 0.578. The van der Waals surface area contributed by atoms with E-state index >= 15 is 0 Å². The predicted octanol–water partition coefficient (Wildman–Crippen LogP) is 0.209. The van der Waals surface area contributed by atoms with Crippen molar-refractivity contribution in [2.24, 2.45) is 17.8 Å². The number of nitrogens with zero attached hydrogens (tertiary/aromatic N) is 3. The van der Waals surface area contributed by atoms with Crippen molar-refractivity contribution in [1.82, 2.24) is 20.5 Å². The van der Waals surface area contributed by atoms with Gasteiger partial charge in [-0.1, -0.05) is 0 Å². The number of sulfone groups is 1. The maximum atomic E-state index is 12.5. The van der Waals surface area contributed by atoms with Crippen LogP contribution in [0.5, 0.6) is 0 Å². The van der Waals surface area contributed by atoms with Crippen molar-refractivity contribution in [2.75, 3.05) is 37.1 Å². The highest BCUT2D eigenvalue weighted by molar-refractivity contribution is 7.90. The molecule has 158 valence electrons. The van der Waals surface area contributed by atoms with Crippen LogP contribution >= 0.6 is 0 Å². The fraction of sp³-hybridized carbons (Fsp3) is 0.389. The number of ether oxygens (including phenoxy) is 1. The zero-order valence-corrected chi connectivity index (χ0v) is 16.6. The van der Waals surface area contributed by atoms with Gasteiger partial charge in [0, 0.05) is 35.5 Å². The van der Waals surface area contributed by atoms with E-state index in [1.807, 2.05) is 0 Å². The summed E-state index contributed by atoms with van der Waals surface area (Å²) in [5, 5.41) is 14.7. The summed E-state index contributed by atoms with van der Waals surface area (Å²) in [6.45, 7) is -1.76. The van der Waals surface area contributed by atoms with Crippen molar-refractivity contribution in [3.63, 3.8) is 0 Å². The second-order valence-corrected chi connectivity index (χ2v) is 9.06. The molecule has 0 radical (unpaired) electrons. The Kier molecular flexibility index (Phi) is 4.22. The van der Waals surface area contributed by atoms with E-state index in [0.717, 1.165) is 6.26 Å². The molecule has 3 atom stereocenters. The summed E-state index contributed by atoms with van der Waals surface area (Å²) in [4.78, 5) is 28.9. The lowest BCUT2D eigenvalue weighted by molar-refractivity contribution is -0.118. The Morgan fingerprint density at radius 2 is 2.03 bits per heavy atom. The molecule has 0 aromatic carbocycles. The molecule has 0 bridgehead atoms. The van der Waals surface area contributed by atoms with Gasteiger partial charge in [-0.25, -0.2) is 13.4 Å². The largest absolute Gasteiger partial charge is 0.381 e. The Morgan fingerprint density at radius 1 is 1.27 bits per heavy atom. The molecule has 12 heteroatoms. The van der Waals surface area contributed by atoms with Crippen molar-refractivity contribution < 1.29 is 26.9 Å². The molecular formula is C18H20N6O5S. The molecule has 1 unspecified atom stereocenters. The van der Waals surface area contributed by atoms with Crippen LogP contribution in [-0.2, 0) is 19.4 Å². The van der Waals surface area contributed by atoms with Crippen LogP contribution in [0.2, 0.25) is 0 Å². The average molecular weight is 435 g/mol. The summed E-state index contributed by atoms with van der Waals surface area (Å²) in [6.07, 6.45) is 2.33. The minimum atomic E-state index is -3.69. The molecule has 2 aromatic rings. The van der Waals surface area contributed by atoms with Crippen LogP contribution in [0.1, 0.15) is 14.6 Å². The normalized spacial score (nSPS) is 24.0. The monoisotopic (exact) mass is 435 g/mol. The van der Waals surface area contributed by atoms with Crippen LogP contribution in [0.15, 0.2) is 29.3 Å². The van der Waals surface area contributed by atoms with E-state index in [-0.39, 0.29) is 45.9 Å². The van der Waals surface area contributed by atoms with Gasteiger partial charge in [0.1, 0.15) is 10.7 Å². The van der Waals surface area contributed by atoms with Crippen LogP contribution in [0.25, 0.3) is 0 Å². The Hall–Kier alpha value is -3.12. The average Bonchev–Trinajstić information content (AvgIpc) is 3.19. The molecule has 1 saturated carbocycles. The van der Waals surface area contributed by atoms with Crippen molar-refractivity contribution >= 4 is 39.0 Å². The molecule has 3 N–H and O–H groups in total.